The molecule has 1 heterocycles. The molecule has 3 aliphatic rings. The first-order valence-electron chi connectivity index (χ1n) is 17.3. The second-order valence-corrected chi connectivity index (χ2v) is 13.6. The van der Waals surface area contributed by atoms with Crippen LogP contribution in [0, 0.1) is 0 Å². The molecule has 0 N–H and O–H groups in total. The minimum atomic E-state index is -0.0651. The first kappa shape index (κ1) is 30.1. The third-order valence-electron chi connectivity index (χ3n) is 10.3. The van der Waals surface area contributed by atoms with Gasteiger partial charge in [0, 0.05) is 40.3 Å². The third kappa shape index (κ3) is 4.82. The van der Waals surface area contributed by atoms with Gasteiger partial charge in [-0.3, -0.25) is 4.99 Å². The van der Waals surface area contributed by atoms with Gasteiger partial charge in [0.2, 0.25) is 0 Å². The van der Waals surface area contributed by atoms with Gasteiger partial charge in [0.25, 0.3) is 0 Å². The molecule has 9 rings (SSSR count). The lowest BCUT2D eigenvalue weighted by Crippen LogP contribution is -2.16. The SMILES string of the molecule is CN=C(N=C(c1ccccc1)c1ccc(-c2cccc3c2Oc2ccc4c(c2O3)C2=C(C=CCC2)C4(C)C)cc1)c1cccc2ccccc12. The van der Waals surface area contributed by atoms with Gasteiger partial charge in [-0.2, -0.15) is 0 Å². The molecule has 6 aromatic carbocycles. The predicted molar refractivity (Wildman–Crippen MR) is 205 cm³/mol. The second-order valence-electron chi connectivity index (χ2n) is 13.6. The summed E-state index contributed by atoms with van der Waals surface area (Å²) in [7, 11) is 1.81. The van der Waals surface area contributed by atoms with Crippen molar-refractivity contribution in [2.45, 2.75) is 32.1 Å². The Labute approximate surface area is 292 Å². The molecule has 0 amide bonds. The van der Waals surface area contributed by atoms with E-state index in [0.717, 1.165) is 80.1 Å². The van der Waals surface area contributed by atoms with E-state index in [1.54, 1.807) is 0 Å². The van der Waals surface area contributed by atoms with Crippen molar-refractivity contribution >= 4 is 27.9 Å². The first-order valence-corrected chi connectivity index (χ1v) is 17.3. The zero-order valence-corrected chi connectivity index (χ0v) is 28.4. The third-order valence-corrected chi connectivity index (χ3v) is 10.3. The largest absolute Gasteiger partial charge is 0.449 e. The number of nitrogens with zero attached hydrogens (tertiary/aromatic N) is 2. The fourth-order valence-corrected chi connectivity index (χ4v) is 7.83. The Morgan fingerprint density at radius 1 is 0.680 bits per heavy atom. The van der Waals surface area contributed by atoms with E-state index in [4.69, 9.17) is 14.5 Å². The highest BCUT2D eigenvalue weighted by Gasteiger charge is 2.41. The van der Waals surface area contributed by atoms with E-state index in [1.807, 2.05) is 37.4 Å². The zero-order chi connectivity index (χ0) is 33.8. The molecule has 50 heavy (non-hydrogen) atoms. The maximum absolute atomic E-state index is 6.76. The minimum absolute atomic E-state index is 0.0651. The smallest absolute Gasteiger partial charge is 0.177 e. The number of amidine groups is 1. The maximum Gasteiger partial charge on any atom is 0.177 e. The van der Waals surface area contributed by atoms with Gasteiger partial charge < -0.3 is 9.47 Å². The molecule has 0 aromatic heterocycles. The average molecular weight is 649 g/mol. The molecular formula is C46H36N2O2. The molecule has 0 fully saturated rings. The van der Waals surface area contributed by atoms with Crippen molar-refractivity contribution in [2.75, 3.05) is 7.05 Å². The molecule has 0 radical (unpaired) electrons. The first-order chi connectivity index (χ1) is 24.5. The van der Waals surface area contributed by atoms with Crippen LogP contribution in [0.1, 0.15) is 54.5 Å². The Kier molecular flexibility index (Phi) is 7.13. The standard InChI is InChI=1S/C46H36N2O2/c1-46(2)37-21-10-9-18-36(37)41-38(46)27-28-40-44(41)50-39-22-12-19-34(43(39)49-40)30-23-25-32(26-24-30)42(31-14-5-4-6-15-31)48-45(47-3)35-20-11-16-29-13-7-8-17-33(29)35/h4-8,10-17,19-28H,9,18H2,1-3H3. The van der Waals surface area contributed by atoms with Gasteiger partial charge in [-0.15, -0.1) is 0 Å². The maximum atomic E-state index is 6.76. The van der Waals surface area contributed by atoms with Crippen LogP contribution in [0.5, 0.6) is 23.0 Å². The van der Waals surface area contributed by atoms with Crippen LogP contribution in [-0.4, -0.2) is 18.6 Å². The van der Waals surface area contributed by atoms with Crippen LogP contribution in [0.25, 0.3) is 27.5 Å². The van der Waals surface area contributed by atoms with E-state index >= 15 is 0 Å². The second kappa shape index (κ2) is 11.9. The molecule has 0 bridgehead atoms. The lowest BCUT2D eigenvalue weighted by molar-refractivity contribution is 0.359. The van der Waals surface area contributed by atoms with Gasteiger partial charge in [0.05, 0.1) is 5.71 Å². The molecule has 0 saturated carbocycles. The Morgan fingerprint density at radius 3 is 2.24 bits per heavy atom. The van der Waals surface area contributed by atoms with E-state index in [1.165, 1.54) is 22.3 Å². The number of para-hydroxylation sites is 1. The number of benzene rings is 6. The van der Waals surface area contributed by atoms with E-state index in [-0.39, 0.29) is 5.41 Å². The quantitative estimate of drug-likeness (QED) is 0.141. The van der Waals surface area contributed by atoms with Crippen molar-refractivity contribution in [3.05, 3.63) is 173 Å². The lowest BCUT2D eigenvalue weighted by Gasteiger charge is -2.27. The fourth-order valence-electron chi connectivity index (χ4n) is 7.83. The average Bonchev–Trinajstić information content (AvgIpc) is 3.41. The van der Waals surface area contributed by atoms with Crippen LogP contribution < -0.4 is 9.47 Å². The minimum Gasteiger partial charge on any atom is -0.449 e. The van der Waals surface area contributed by atoms with Crippen LogP contribution in [0.15, 0.2) is 155 Å². The number of ether oxygens (including phenoxy) is 2. The summed E-state index contributed by atoms with van der Waals surface area (Å²) in [5.41, 5.74) is 11.1. The summed E-state index contributed by atoms with van der Waals surface area (Å²) in [5.74, 6) is 3.75. The predicted octanol–water partition coefficient (Wildman–Crippen LogP) is 11.7. The molecule has 4 nitrogen and oxygen atoms in total. The molecular weight excluding hydrogens is 613 g/mol. The number of aliphatic imine (C=N–C) groups is 2. The Bertz CT molecular complexity index is 2440. The van der Waals surface area contributed by atoms with Crippen LogP contribution in [0.2, 0.25) is 0 Å². The number of rotatable bonds is 4. The highest BCUT2D eigenvalue weighted by atomic mass is 16.6. The molecule has 4 heteroatoms. The summed E-state index contributed by atoms with van der Waals surface area (Å²) in [5, 5.41) is 2.29. The van der Waals surface area contributed by atoms with Crippen molar-refractivity contribution in [1.29, 1.82) is 0 Å². The monoisotopic (exact) mass is 648 g/mol. The number of hydrogen-bond acceptors (Lipinski definition) is 3. The Hall–Kier alpha value is -6.00. The summed E-state index contributed by atoms with van der Waals surface area (Å²) < 4.78 is 13.5. The van der Waals surface area contributed by atoms with Gasteiger partial charge in [-0.05, 0) is 58.0 Å². The van der Waals surface area contributed by atoms with E-state index < -0.39 is 0 Å². The molecule has 1 aliphatic heterocycles. The Balaban J connectivity index is 1.09. The molecule has 0 saturated heterocycles. The van der Waals surface area contributed by atoms with Crippen molar-refractivity contribution in [1.82, 2.24) is 0 Å². The van der Waals surface area contributed by atoms with Crippen molar-refractivity contribution < 1.29 is 9.47 Å². The summed E-state index contributed by atoms with van der Waals surface area (Å²) in [6.45, 7) is 4.62. The molecule has 242 valence electrons. The molecule has 2 aliphatic carbocycles. The van der Waals surface area contributed by atoms with Gasteiger partial charge in [0.15, 0.2) is 28.8 Å². The topological polar surface area (TPSA) is 43.2 Å². The summed E-state index contributed by atoms with van der Waals surface area (Å²) in [4.78, 5) is 9.91. The number of fused-ring (bicyclic) bond motifs is 6. The molecule has 6 aromatic rings. The molecule has 0 unspecified atom stereocenters. The molecule has 0 atom stereocenters. The van der Waals surface area contributed by atoms with Crippen molar-refractivity contribution in [3.8, 4) is 34.1 Å². The highest BCUT2D eigenvalue weighted by Crippen LogP contribution is 2.59. The lowest BCUT2D eigenvalue weighted by atomic mass is 9.80. The van der Waals surface area contributed by atoms with E-state index in [2.05, 4.69) is 128 Å². The summed E-state index contributed by atoms with van der Waals surface area (Å²) >= 11 is 0. The number of allylic oxidation sites excluding steroid dienone is 4. The van der Waals surface area contributed by atoms with Gasteiger partial charge in [0.1, 0.15) is 0 Å². The van der Waals surface area contributed by atoms with Crippen molar-refractivity contribution in [2.24, 2.45) is 9.98 Å². The van der Waals surface area contributed by atoms with Gasteiger partial charge in [-0.1, -0.05) is 141 Å². The van der Waals surface area contributed by atoms with Crippen molar-refractivity contribution in [3.63, 3.8) is 0 Å². The van der Waals surface area contributed by atoms with Crippen LogP contribution in [0.4, 0.5) is 0 Å². The van der Waals surface area contributed by atoms with Gasteiger partial charge >= 0.3 is 0 Å². The highest BCUT2D eigenvalue weighted by molar-refractivity contribution is 6.22. The van der Waals surface area contributed by atoms with Crippen LogP contribution >= 0.6 is 0 Å². The normalized spacial score (nSPS) is 15.9. The summed E-state index contributed by atoms with van der Waals surface area (Å²) in [6.07, 6.45) is 6.66. The summed E-state index contributed by atoms with van der Waals surface area (Å²) in [6, 6.07) is 44.0. The van der Waals surface area contributed by atoms with Crippen LogP contribution in [-0.2, 0) is 5.41 Å². The molecule has 0 spiro atoms. The van der Waals surface area contributed by atoms with Gasteiger partial charge in [-0.25, -0.2) is 4.99 Å². The number of hydrogen-bond donors (Lipinski definition) is 0. The fraction of sp³-hybridized carbons (Fsp3) is 0.130. The van der Waals surface area contributed by atoms with E-state index in [9.17, 15) is 0 Å². The Morgan fingerprint density at radius 2 is 1.40 bits per heavy atom. The zero-order valence-electron chi connectivity index (χ0n) is 28.4. The van der Waals surface area contributed by atoms with Crippen LogP contribution in [0.3, 0.4) is 0 Å². The van der Waals surface area contributed by atoms with E-state index in [0.29, 0.717) is 5.84 Å².